The second kappa shape index (κ2) is 5.45. The Hall–Kier alpha value is -0.160. The van der Waals surface area contributed by atoms with Crippen molar-refractivity contribution in [3.05, 3.63) is 0 Å². The van der Waals surface area contributed by atoms with Crippen LogP contribution in [0.1, 0.15) is 25.7 Å². The van der Waals surface area contributed by atoms with Crippen molar-refractivity contribution in [3.8, 4) is 0 Å². The number of likely N-dealkylation sites (tertiary alicyclic amines) is 1. The van der Waals surface area contributed by atoms with Gasteiger partial charge in [-0.15, -0.1) is 0 Å². The van der Waals surface area contributed by atoms with Crippen molar-refractivity contribution in [3.63, 3.8) is 0 Å². The number of aliphatic hydroxyl groups excluding tert-OH is 1. The topological polar surface area (TPSA) is 58.7 Å². The first-order valence-corrected chi connectivity index (χ1v) is 6.42. The first kappa shape index (κ1) is 12.3. The molecule has 94 valence electrons. The Morgan fingerprint density at radius 1 is 1.38 bits per heavy atom. The number of ether oxygens (including phenoxy) is 1. The maximum atomic E-state index is 9.32. The highest BCUT2D eigenvalue weighted by Crippen LogP contribution is 2.32. The minimum atomic E-state index is 0.232. The maximum absolute atomic E-state index is 9.32. The molecule has 2 aliphatic heterocycles. The Bertz CT molecular complexity index is 217. The van der Waals surface area contributed by atoms with Crippen LogP contribution in [0.3, 0.4) is 0 Å². The predicted molar refractivity (Wildman–Crippen MR) is 63.2 cm³/mol. The van der Waals surface area contributed by atoms with Gasteiger partial charge in [-0.25, -0.2) is 0 Å². The average Bonchev–Trinajstić information content (AvgIpc) is 2.77. The summed E-state index contributed by atoms with van der Waals surface area (Å²) < 4.78 is 5.42. The fraction of sp³-hybridized carbons (Fsp3) is 1.00. The molecule has 0 saturated carbocycles. The molecule has 0 aromatic heterocycles. The van der Waals surface area contributed by atoms with E-state index in [-0.39, 0.29) is 12.0 Å². The van der Waals surface area contributed by atoms with E-state index in [4.69, 9.17) is 10.5 Å². The molecule has 0 aromatic rings. The lowest BCUT2D eigenvalue weighted by Gasteiger charge is -2.40. The minimum absolute atomic E-state index is 0.232. The third-order valence-electron chi connectivity index (χ3n) is 4.23. The molecule has 2 heterocycles. The standard InChI is InChI=1S/C12H24N2O2/c13-9-12(3-6-16-7-4-12)10-14-5-1-2-11(14)8-15/h11,15H,1-10,13H2. The van der Waals surface area contributed by atoms with Gasteiger partial charge >= 0.3 is 0 Å². The SMILES string of the molecule is NCC1(CN2CCCC2CO)CCOCC1. The Kier molecular flexibility index (Phi) is 4.19. The summed E-state index contributed by atoms with van der Waals surface area (Å²) in [5.41, 5.74) is 6.19. The highest BCUT2D eigenvalue weighted by molar-refractivity contribution is 4.90. The Morgan fingerprint density at radius 3 is 2.75 bits per heavy atom. The number of nitrogens with two attached hydrogens (primary N) is 1. The van der Waals surface area contributed by atoms with Gasteiger partial charge in [-0.05, 0) is 44.2 Å². The second-order valence-corrected chi connectivity index (χ2v) is 5.27. The lowest BCUT2D eigenvalue weighted by Crippen LogP contribution is -2.48. The van der Waals surface area contributed by atoms with Crippen LogP contribution in [0.5, 0.6) is 0 Å². The van der Waals surface area contributed by atoms with Crippen LogP contribution in [0.4, 0.5) is 0 Å². The van der Waals surface area contributed by atoms with Crippen molar-refractivity contribution in [1.82, 2.24) is 4.90 Å². The summed E-state index contributed by atoms with van der Waals surface area (Å²) in [6, 6.07) is 0.367. The fourth-order valence-electron chi connectivity index (χ4n) is 2.97. The molecule has 0 bridgehead atoms. The summed E-state index contributed by atoms with van der Waals surface area (Å²) in [5.74, 6) is 0. The monoisotopic (exact) mass is 228 g/mol. The quantitative estimate of drug-likeness (QED) is 0.721. The van der Waals surface area contributed by atoms with E-state index in [1.807, 2.05) is 0 Å². The van der Waals surface area contributed by atoms with Crippen molar-refractivity contribution < 1.29 is 9.84 Å². The van der Waals surface area contributed by atoms with E-state index in [0.717, 1.165) is 52.1 Å². The summed E-state index contributed by atoms with van der Waals surface area (Å²) in [4.78, 5) is 2.43. The molecular formula is C12H24N2O2. The van der Waals surface area contributed by atoms with E-state index < -0.39 is 0 Å². The molecule has 4 nitrogen and oxygen atoms in total. The molecule has 0 amide bonds. The molecule has 2 rings (SSSR count). The van der Waals surface area contributed by atoms with Crippen molar-refractivity contribution in [2.24, 2.45) is 11.1 Å². The van der Waals surface area contributed by atoms with Crippen LogP contribution >= 0.6 is 0 Å². The lowest BCUT2D eigenvalue weighted by molar-refractivity contribution is -0.00585. The van der Waals surface area contributed by atoms with Crippen molar-refractivity contribution in [1.29, 1.82) is 0 Å². The highest BCUT2D eigenvalue weighted by Gasteiger charge is 2.36. The van der Waals surface area contributed by atoms with Crippen LogP contribution in [0.25, 0.3) is 0 Å². The Labute approximate surface area is 97.7 Å². The average molecular weight is 228 g/mol. The van der Waals surface area contributed by atoms with Gasteiger partial charge in [0, 0.05) is 25.8 Å². The molecule has 0 aliphatic carbocycles. The fourth-order valence-corrected chi connectivity index (χ4v) is 2.97. The van der Waals surface area contributed by atoms with Gasteiger partial charge < -0.3 is 15.6 Å². The van der Waals surface area contributed by atoms with Crippen LogP contribution in [-0.2, 0) is 4.74 Å². The van der Waals surface area contributed by atoms with Gasteiger partial charge in [-0.1, -0.05) is 0 Å². The molecular weight excluding hydrogens is 204 g/mol. The molecule has 4 heteroatoms. The predicted octanol–water partition coefficient (Wildman–Crippen LogP) is 0.199. The van der Waals surface area contributed by atoms with Crippen LogP contribution in [0.2, 0.25) is 0 Å². The zero-order valence-electron chi connectivity index (χ0n) is 10.0. The second-order valence-electron chi connectivity index (χ2n) is 5.27. The summed E-state index contributed by atoms with van der Waals surface area (Å²) >= 11 is 0. The van der Waals surface area contributed by atoms with Gasteiger partial charge in [0.15, 0.2) is 0 Å². The summed E-state index contributed by atoms with van der Waals surface area (Å²) in [7, 11) is 0. The van der Waals surface area contributed by atoms with E-state index in [1.54, 1.807) is 0 Å². The van der Waals surface area contributed by atoms with Gasteiger partial charge in [-0.2, -0.15) is 0 Å². The van der Waals surface area contributed by atoms with Gasteiger partial charge in [0.25, 0.3) is 0 Å². The lowest BCUT2D eigenvalue weighted by atomic mass is 9.79. The zero-order chi connectivity index (χ0) is 11.4. The van der Waals surface area contributed by atoms with Gasteiger partial charge in [-0.3, -0.25) is 4.90 Å². The minimum Gasteiger partial charge on any atom is -0.395 e. The van der Waals surface area contributed by atoms with E-state index in [0.29, 0.717) is 6.04 Å². The molecule has 2 aliphatic rings. The van der Waals surface area contributed by atoms with Crippen molar-refractivity contribution in [2.45, 2.75) is 31.7 Å². The smallest absolute Gasteiger partial charge is 0.0586 e. The zero-order valence-corrected chi connectivity index (χ0v) is 10.0. The highest BCUT2D eigenvalue weighted by atomic mass is 16.5. The molecule has 1 atom stereocenters. The molecule has 1 unspecified atom stereocenters. The van der Waals surface area contributed by atoms with E-state index in [2.05, 4.69) is 4.90 Å². The third-order valence-corrected chi connectivity index (χ3v) is 4.23. The largest absolute Gasteiger partial charge is 0.395 e. The number of hydrogen-bond acceptors (Lipinski definition) is 4. The maximum Gasteiger partial charge on any atom is 0.0586 e. The molecule has 0 radical (unpaired) electrons. The van der Waals surface area contributed by atoms with Crippen LogP contribution in [0.15, 0.2) is 0 Å². The molecule has 2 saturated heterocycles. The number of hydrogen-bond donors (Lipinski definition) is 2. The van der Waals surface area contributed by atoms with Crippen molar-refractivity contribution >= 4 is 0 Å². The Morgan fingerprint density at radius 2 is 2.12 bits per heavy atom. The normalized spacial score (nSPS) is 30.8. The first-order chi connectivity index (χ1) is 7.79. The first-order valence-electron chi connectivity index (χ1n) is 6.42. The van der Waals surface area contributed by atoms with E-state index in [1.165, 1.54) is 6.42 Å². The van der Waals surface area contributed by atoms with Crippen LogP contribution in [-0.4, -0.2) is 55.5 Å². The summed E-state index contributed by atoms with van der Waals surface area (Å²) in [6.45, 7) is 4.87. The van der Waals surface area contributed by atoms with E-state index in [9.17, 15) is 5.11 Å². The summed E-state index contributed by atoms with van der Waals surface area (Å²) in [6.07, 6.45) is 4.48. The molecule has 16 heavy (non-hydrogen) atoms. The number of rotatable bonds is 4. The molecule has 0 aromatic carbocycles. The van der Waals surface area contributed by atoms with Gasteiger partial charge in [0.1, 0.15) is 0 Å². The Balaban J connectivity index is 1.94. The van der Waals surface area contributed by atoms with E-state index >= 15 is 0 Å². The van der Waals surface area contributed by atoms with Gasteiger partial charge in [0.2, 0.25) is 0 Å². The van der Waals surface area contributed by atoms with Crippen LogP contribution < -0.4 is 5.73 Å². The van der Waals surface area contributed by atoms with Gasteiger partial charge in [0.05, 0.1) is 6.61 Å². The van der Waals surface area contributed by atoms with Crippen molar-refractivity contribution in [2.75, 3.05) is 39.5 Å². The third kappa shape index (κ3) is 2.56. The number of nitrogens with zero attached hydrogens (tertiary/aromatic N) is 1. The molecule has 3 N–H and O–H groups in total. The summed E-state index contributed by atoms with van der Waals surface area (Å²) in [5, 5.41) is 9.32. The molecule has 0 spiro atoms. The van der Waals surface area contributed by atoms with Crippen LogP contribution in [0, 0.1) is 5.41 Å². The molecule has 2 fully saturated rings. The number of aliphatic hydroxyl groups is 1.